The van der Waals surface area contributed by atoms with Crippen LogP contribution in [0.15, 0.2) is 6.07 Å². The molecule has 1 aromatic rings. The molecule has 1 saturated carbocycles. The van der Waals surface area contributed by atoms with Crippen LogP contribution in [0.25, 0.3) is 0 Å². The van der Waals surface area contributed by atoms with Crippen LogP contribution >= 0.6 is 0 Å². The molecule has 0 bridgehead atoms. The van der Waals surface area contributed by atoms with Crippen LogP contribution in [-0.2, 0) is 6.54 Å². The Labute approximate surface area is 103 Å². The lowest BCUT2D eigenvalue weighted by atomic mass is 9.99. The van der Waals surface area contributed by atoms with Gasteiger partial charge in [0.05, 0.1) is 12.3 Å². The first-order valence-corrected chi connectivity index (χ1v) is 6.42. The fourth-order valence-electron chi connectivity index (χ4n) is 2.17. The van der Waals surface area contributed by atoms with Crippen LogP contribution in [0.3, 0.4) is 0 Å². The molecule has 4 heteroatoms. The monoisotopic (exact) mass is 237 g/mol. The smallest absolute Gasteiger partial charge is 0.0611 e. The summed E-state index contributed by atoms with van der Waals surface area (Å²) >= 11 is 0. The van der Waals surface area contributed by atoms with Gasteiger partial charge >= 0.3 is 0 Å². The molecule has 0 saturated heterocycles. The van der Waals surface area contributed by atoms with Gasteiger partial charge in [0.25, 0.3) is 0 Å². The minimum atomic E-state index is -0.173. The summed E-state index contributed by atoms with van der Waals surface area (Å²) in [6.07, 6.45) is 3.40. The number of hydrogen-bond acceptors (Lipinski definition) is 3. The van der Waals surface area contributed by atoms with E-state index in [-0.39, 0.29) is 12.1 Å². The number of nitrogens with one attached hydrogen (secondary N) is 1. The lowest BCUT2D eigenvalue weighted by molar-refractivity contribution is 0.157. The Morgan fingerprint density at radius 1 is 1.53 bits per heavy atom. The van der Waals surface area contributed by atoms with Gasteiger partial charge in [0.15, 0.2) is 0 Å². The summed E-state index contributed by atoms with van der Waals surface area (Å²) in [5.41, 5.74) is 2.07. The molecular formula is C13H23N3O. The molecule has 1 fully saturated rings. The van der Waals surface area contributed by atoms with Crippen molar-refractivity contribution in [2.24, 2.45) is 0 Å². The maximum Gasteiger partial charge on any atom is 0.0611 e. The van der Waals surface area contributed by atoms with Gasteiger partial charge in [-0.1, -0.05) is 0 Å². The third-order valence-electron chi connectivity index (χ3n) is 3.46. The van der Waals surface area contributed by atoms with Crippen LogP contribution in [0.5, 0.6) is 0 Å². The Balaban J connectivity index is 1.92. The van der Waals surface area contributed by atoms with Crippen molar-refractivity contribution in [3.8, 4) is 0 Å². The predicted molar refractivity (Wildman–Crippen MR) is 68.0 cm³/mol. The van der Waals surface area contributed by atoms with Gasteiger partial charge in [-0.15, -0.1) is 0 Å². The molecule has 1 atom stereocenters. The number of aliphatic hydroxyl groups is 1. The third-order valence-corrected chi connectivity index (χ3v) is 3.46. The van der Waals surface area contributed by atoms with Crippen molar-refractivity contribution in [2.75, 3.05) is 6.61 Å². The van der Waals surface area contributed by atoms with E-state index in [4.69, 9.17) is 0 Å². The van der Waals surface area contributed by atoms with Crippen molar-refractivity contribution in [1.29, 1.82) is 0 Å². The summed E-state index contributed by atoms with van der Waals surface area (Å²) in [5.74, 6) is 0. The molecule has 0 aromatic carbocycles. The second kappa shape index (κ2) is 4.78. The fourth-order valence-corrected chi connectivity index (χ4v) is 2.17. The number of aliphatic hydroxyl groups excluding tert-OH is 1. The Morgan fingerprint density at radius 3 is 2.71 bits per heavy atom. The maximum atomic E-state index is 9.52. The van der Waals surface area contributed by atoms with Gasteiger partial charge in [0.2, 0.25) is 0 Å². The quantitative estimate of drug-likeness (QED) is 0.786. The first kappa shape index (κ1) is 12.6. The van der Waals surface area contributed by atoms with Crippen LogP contribution < -0.4 is 5.32 Å². The SMILES string of the molecule is Cc1cc(C)n(CCC(C)(CO)NC2CC2)n1. The minimum Gasteiger partial charge on any atom is -0.394 e. The Morgan fingerprint density at radius 2 is 2.24 bits per heavy atom. The molecule has 1 aromatic heterocycles. The predicted octanol–water partition coefficient (Wildman–Crippen LogP) is 1.39. The van der Waals surface area contributed by atoms with Gasteiger partial charge in [-0.2, -0.15) is 5.10 Å². The largest absolute Gasteiger partial charge is 0.394 e. The van der Waals surface area contributed by atoms with E-state index in [9.17, 15) is 5.11 Å². The minimum absolute atomic E-state index is 0.173. The summed E-state index contributed by atoms with van der Waals surface area (Å²) in [6.45, 7) is 7.22. The molecule has 0 aliphatic heterocycles. The number of rotatable bonds is 6. The van der Waals surface area contributed by atoms with Crippen molar-refractivity contribution < 1.29 is 5.11 Å². The molecule has 1 unspecified atom stereocenters. The molecular weight excluding hydrogens is 214 g/mol. The first-order valence-electron chi connectivity index (χ1n) is 6.42. The van der Waals surface area contributed by atoms with E-state index in [0.29, 0.717) is 6.04 Å². The molecule has 0 radical (unpaired) electrons. The second-order valence-electron chi connectivity index (χ2n) is 5.54. The van der Waals surface area contributed by atoms with Crippen LogP contribution in [-0.4, -0.2) is 33.1 Å². The average molecular weight is 237 g/mol. The Bertz CT molecular complexity index is 384. The number of hydrogen-bond donors (Lipinski definition) is 2. The van der Waals surface area contributed by atoms with Crippen molar-refractivity contribution in [2.45, 2.75) is 58.2 Å². The highest BCUT2D eigenvalue weighted by atomic mass is 16.3. The second-order valence-corrected chi connectivity index (χ2v) is 5.54. The number of aromatic nitrogens is 2. The lowest BCUT2D eigenvalue weighted by Crippen LogP contribution is -2.47. The maximum absolute atomic E-state index is 9.52. The van der Waals surface area contributed by atoms with E-state index < -0.39 is 0 Å². The standard InChI is InChI=1S/C13H23N3O/c1-10-8-11(2)16(15-10)7-6-13(3,9-17)14-12-4-5-12/h8,12,14,17H,4-7,9H2,1-3H3. The van der Waals surface area contributed by atoms with Crippen LogP contribution in [0, 0.1) is 13.8 Å². The first-order chi connectivity index (χ1) is 8.02. The molecule has 0 amide bonds. The molecule has 2 N–H and O–H groups in total. The van der Waals surface area contributed by atoms with E-state index in [1.165, 1.54) is 18.5 Å². The van der Waals surface area contributed by atoms with Gasteiger partial charge in [-0.25, -0.2) is 0 Å². The van der Waals surface area contributed by atoms with Gasteiger partial charge in [-0.05, 0) is 46.1 Å². The summed E-state index contributed by atoms with van der Waals surface area (Å²) in [5, 5.41) is 17.5. The fraction of sp³-hybridized carbons (Fsp3) is 0.769. The molecule has 17 heavy (non-hydrogen) atoms. The topological polar surface area (TPSA) is 50.1 Å². The molecule has 1 heterocycles. The Kier molecular flexibility index (Phi) is 3.54. The highest BCUT2D eigenvalue weighted by molar-refractivity contribution is 5.06. The number of aryl methyl sites for hydroxylation is 3. The van der Waals surface area contributed by atoms with E-state index in [1.807, 2.05) is 11.6 Å². The van der Waals surface area contributed by atoms with Gasteiger partial charge < -0.3 is 10.4 Å². The normalized spacial score (nSPS) is 19.3. The molecule has 1 aliphatic carbocycles. The molecule has 4 nitrogen and oxygen atoms in total. The number of nitrogens with zero attached hydrogens (tertiary/aromatic N) is 2. The molecule has 0 spiro atoms. The van der Waals surface area contributed by atoms with Crippen LogP contribution in [0.4, 0.5) is 0 Å². The van der Waals surface area contributed by atoms with E-state index in [1.54, 1.807) is 0 Å². The lowest BCUT2D eigenvalue weighted by Gasteiger charge is -2.29. The van der Waals surface area contributed by atoms with E-state index >= 15 is 0 Å². The van der Waals surface area contributed by atoms with Crippen LogP contribution in [0.2, 0.25) is 0 Å². The van der Waals surface area contributed by atoms with Gasteiger partial charge in [0.1, 0.15) is 0 Å². The summed E-state index contributed by atoms with van der Waals surface area (Å²) in [7, 11) is 0. The highest BCUT2D eigenvalue weighted by Gasteiger charge is 2.31. The molecule has 96 valence electrons. The molecule has 2 rings (SSSR count). The molecule has 1 aliphatic rings. The summed E-state index contributed by atoms with van der Waals surface area (Å²) in [6, 6.07) is 2.71. The Hall–Kier alpha value is -0.870. The van der Waals surface area contributed by atoms with Crippen molar-refractivity contribution in [3.05, 3.63) is 17.5 Å². The summed E-state index contributed by atoms with van der Waals surface area (Å²) in [4.78, 5) is 0. The highest BCUT2D eigenvalue weighted by Crippen LogP contribution is 2.24. The zero-order chi connectivity index (χ0) is 12.5. The third kappa shape index (κ3) is 3.30. The van der Waals surface area contributed by atoms with Crippen molar-refractivity contribution in [1.82, 2.24) is 15.1 Å². The van der Waals surface area contributed by atoms with Crippen molar-refractivity contribution >= 4 is 0 Å². The van der Waals surface area contributed by atoms with E-state index in [0.717, 1.165) is 18.7 Å². The van der Waals surface area contributed by atoms with Gasteiger partial charge in [-0.3, -0.25) is 4.68 Å². The zero-order valence-electron chi connectivity index (χ0n) is 11.0. The zero-order valence-corrected chi connectivity index (χ0v) is 11.0. The average Bonchev–Trinajstić information content (AvgIpc) is 3.01. The summed E-state index contributed by atoms with van der Waals surface area (Å²) < 4.78 is 2.03. The van der Waals surface area contributed by atoms with Gasteiger partial charge in [0, 0.05) is 23.8 Å². The van der Waals surface area contributed by atoms with Crippen LogP contribution in [0.1, 0.15) is 37.6 Å². The van der Waals surface area contributed by atoms with Crippen molar-refractivity contribution in [3.63, 3.8) is 0 Å². The van der Waals surface area contributed by atoms with E-state index in [2.05, 4.69) is 30.3 Å².